The number of Topliss-reactive ketones (excluding diaryl/α,β-unsaturated/α-hetero) is 1. The van der Waals surface area contributed by atoms with E-state index in [4.69, 9.17) is 4.74 Å². The summed E-state index contributed by atoms with van der Waals surface area (Å²) in [5.74, 6) is -4.27. The number of halogens is 6. The predicted octanol–water partition coefficient (Wildman–Crippen LogP) is 5.42. The van der Waals surface area contributed by atoms with Gasteiger partial charge < -0.3 is 4.74 Å². The van der Waals surface area contributed by atoms with Crippen molar-refractivity contribution in [1.29, 1.82) is 0 Å². The summed E-state index contributed by atoms with van der Waals surface area (Å²) < 4.78 is 88.1. The molecular weight excluding hydrogens is 478 g/mol. The average molecular weight is 496 g/mol. The van der Waals surface area contributed by atoms with Gasteiger partial charge in [0.15, 0.2) is 23.1 Å². The minimum Gasteiger partial charge on any atom is -0.473 e. The summed E-state index contributed by atoms with van der Waals surface area (Å²) in [6.45, 7) is 3.88. The van der Waals surface area contributed by atoms with E-state index in [0.29, 0.717) is 11.6 Å². The van der Waals surface area contributed by atoms with Gasteiger partial charge in [-0.3, -0.25) is 9.89 Å². The first-order valence-electron chi connectivity index (χ1n) is 10.3. The van der Waals surface area contributed by atoms with Gasteiger partial charge in [-0.25, -0.2) is 17.7 Å². The van der Waals surface area contributed by atoms with Crippen molar-refractivity contribution in [3.8, 4) is 5.88 Å². The van der Waals surface area contributed by atoms with Gasteiger partial charge in [0, 0.05) is 23.7 Å². The number of rotatable bonds is 6. The van der Waals surface area contributed by atoms with Crippen molar-refractivity contribution in [3.05, 3.63) is 81.1 Å². The molecule has 0 radical (unpaired) electrons. The van der Waals surface area contributed by atoms with Gasteiger partial charge in [0.05, 0.1) is 22.3 Å². The Morgan fingerprint density at radius 3 is 2.43 bits per heavy atom. The molecule has 4 rings (SSSR count). The number of hydrogen-bond acceptors (Lipinski definition) is 4. The van der Waals surface area contributed by atoms with Crippen molar-refractivity contribution < 1.29 is 35.9 Å². The molecular formula is C23H18F6N4O2. The Morgan fingerprint density at radius 1 is 1.06 bits per heavy atom. The predicted molar refractivity (Wildman–Crippen MR) is 112 cm³/mol. The fraction of sp³-hybridized carbons (Fsp3) is 0.261. The highest BCUT2D eigenvalue weighted by Crippen LogP contribution is 2.33. The van der Waals surface area contributed by atoms with Crippen molar-refractivity contribution >= 4 is 11.3 Å². The smallest absolute Gasteiger partial charge is 0.435 e. The lowest BCUT2D eigenvalue weighted by molar-refractivity contribution is -0.141. The number of carbonyl (C=O) groups is 1. The van der Waals surface area contributed by atoms with Crippen molar-refractivity contribution in [2.75, 3.05) is 0 Å². The van der Waals surface area contributed by atoms with E-state index in [0.717, 1.165) is 6.07 Å². The second kappa shape index (κ2) is 8.75. The second-order valence-electron chi connectivity index (χ2n) is 8.01. The van der Waals surface area contributed by atoms with E-state index in [9.17, 15) is 31.1 Å². The van der Waals surface area contributed by atoms with Crippen LogP contribution in [0.25, 0.3) is 5.52 Å². The third-order valence-electron chi connectivity index (χ3n) is 5.48. The standard InChI is InChI=1S/C23H18F6N4O2/c1-10-6-17-20(18(34)8-13-11(2)30-31-22(13)23(27,28)29)12(3)32-33(17)19(7-10)35-9-14-15(24)4-5-16(25)21(14)26/h4-7H,8-9H2,1-3H3,(H,30,31). The van der Waals surface area contributed by atoms with E-state index in [1.807, 2.05) is 0 Å². The largest absolute Gasteiger partial charge is 0.473 e. The van der Waals surface area contributed by atoms with E-state index in [1.54, 1.807) is 13.0 Å². The molecule has 0 aliphatic rings. The van der Waals surface area contributed by atoms with Crippen LogP contribution in [0, 0.1) is 38.2 Å². The summed E-state index contributed by atoms with van der Waals surface area (Å²) in [7, 11) is 0. The summed E-state index contributed by atoms with van der Waals surface area (Å²) in [6, 6.07) is 4.49. The first-order chi connectivity index (χ1) is 16.4. The minimum absolute atomic E-state index is 0.000633. The summed E-state index contributed by atoms with van der Waals surface area (Å²) >= 11 is 0. The summed E-state index contributed by atoms with van der Waals surface area (Å²) in [5, 5.41) is 9.77. The Hall–Kier alpha value is -3.83. The van der Waals surface area contributed by atoms with E-state index in [1.165, 1.54) is 24.4 Å². The average Bonchev–Trinajstić information content (AvgIpc) is 3.29. The Labute approximate surface area is 194 Å². The third-order valence-corrected chi connectivity index (χ3v) is 5.48. The van der Waals surface area contributed by atoms with Gasteiger partial charge in [-0.2, -0.15) is 23.4 Å². The lowest BCUT2D eigenvalue weighted by Gasteiger charge is -2.11. The Kier molecular flexibility index (Phi) is 6.07. The van der Waals surface area contributed by atoms with Gasteiger partial charge in [0.25, 0.3) is 0 Å². The van der Waals surface area contributed by atoms with Crippen LogP contribution in [0.1, 0.15) is 44.1 Å². The molecule has 1 aromatic carbocycles. The molecule has 12 heteroatoms. The van der Waals surface area contributed by atoms with Crippen LogP contribution in [0.5, 0.6) is 5.88 Å². The van der Waals surface area contributed by atoms with Crippen LogP contribution in [0.2, 0.25) is 0 Å². The molecule has 0 bridgehead atoms. The molecule has 1 N–H and O–H groups in total. The number of aryl methyl sites for hydroxylation is 3. The molecule has 0 aliphatic heterocycles. The Bertz CT molecular complexity index is 1450. The normalized spacial score (nSPS) is 11.9. The molecule has 184 valence electrons. The first-order valence-corrected chi connectivity index (χ1v) is 10.3. The number of aromatic nitrogens is 4. The summed E-state index contributed by atoms with van der Waals surface area (Å²) in [4.78, 5) is 13.1. The molecule has 35 heavy (non-hydrogen) atoms. The number of pyridine rings is 1. The number of H-pyrrole nitrogens is 1. The number of nitrogens with one attached hydrogen (secondary N) is 1. The molecule has 0 spiro atoms. The maximum Gasteiger partial charge on any atom is 0.435 e. The highest BCUT2D eigenvalue weighted by Gasteiger charge is 2.38. The quantitative estimate of drug-likeness (QED) is 0.220. The molecule has 0 unspecified atom stereocenters. The molecule has 0 aliphatic carbocycles. The molecule has 0 saturated heterocycles. The van der Waals surface area contributed by atoms with Gasteiger partial charge >= 0.3 is 6.18 Å². The number of ketones is 1. The molecule has 0 saturated carbocycles. The molecule has 3 heterocycles. The van der Waals surface area contributed by atoms with Gasteiger partial charge in [-0.15, -0.1) is 0 Å². The van der Waals surface area contributed by atoms with Crippen LogP contribution >= 0.6 is 0 Å². The van der Waals surface area contributed by atoms with Crippen LogP contribution in [0.3, 0.4) is 0 Å². The first kappa shape index (κ1) is 24.3. The molecule has 4 aromatic rings. The van der Waals surface area contributed by atoms with Crippen LogP contribution in [-0.4, -0.2) is 25.6 Å². The van der Waals surface area contributed by atoms with Crippen molar-refractivity contribution in [1.82, 2.24) is 19.8 Å². The van der Waals surface area contributed by atoms with Crippen LogP contribution in [0.15, 0.2) is 24.3 Å². The van der Waals surface area contributed by atoms with Crippen LogP contribution in [0.4, 0.5) is 26.3 Å². The van der Waals surface area contributed by atoms with E-state index in [2.05, 4.69) is 15.3 Å². The van der Waals surface area contributed by atoms with Gasteiger partial charge in [-0.1, -0.05) is 0 Å². The maximum atomic E-state index is 14.0. The number of benzene rings is 1. The summed E-state index contributed by atoms with van der Waals surface area (Å²) in [5.41, 5.74) is -0.874. The molecule has 0 amide bonds. The number of aromatic amines is 1. The minimum atomic E-state index is -4.74. The number of nitrogens with zero attached hydrogens (tertiary/aromatic N) is 3. The zero-order valence-electron chi connectivity index (χ0n) is 18.6. The molecule has 3 aromatic heterocycles. The number of alkyl halides is 3. The Balaban J connectivity index is 1.71. The third kappa shape index (κ3) is 4.47. The van der Waals surface area contributed by atoms with Crippen molar-refractivity contribution in [2.24, 2.45) is 0 Å². The van der Waals surface area contributed by atoms with Gasteiger partial charge in [-0.05, 0) is 44.5 Å². The monoisotopic (exact) mass is 496 g/mol. The second-order valence-corrected chi connectivity index (χ2v) is 8.01. The van der Waals surface area contributed by atoms with E-state index < -0.39 is 53.7 Å². The summed E-state index contributed by atoms with van der Waals surface area (Å²) in [6.07, 6.45) is -5.32. The fourth-order valence-electron chi connectivity index (χ4n) is 3.81. The van der Waals surface area contributed by atoms with Crippen LogP contribution < -0.4 is 4.74 Å². The lowest BCUT2D eigenvalue weighted by Crippen LogP contribution is -2.13. The highest BCUT2D eigenvalue weighted by molar-refractivity contribution is 6.04. The van der Waals surface area contributed by atoms with E-state index in [-0.39, 0.29) is 33.9 Å². The molecule has 0 atom stereocenters. The number of fused-ring (bicyclic) bond motifs is 1. The number of carbonyl (C=O) groups excluding carboxylic acids is 1. The topological polar surface area (TPSA) is 72.3 Å². The van der Waals surface area contributed by atoms with Crippen molar-refractivity contribution in [2.45, 2.75) is 40.0 Å². The lowest BCUT2D eigenvalue weighted by atomic mass is 10.00. The van der Waals surface area contributed by atoms with Crippen molar-refractivity contribution in [3.63, 3.8) is 0 Å². The zero-order valence-corrected chi connectivity index (χ0v) is 18.6. The molecule has 6 nitrogen and oxygen atoms in total. The highest BCUT2D eigenvalue weighted by atomic mass is 19.4. The molecule has 0 fully saturated rings. The Morgan fingerprint density at radius 2 is 1.74 bits per heavy atom. The number of ether oxygens (including phenoxy) is 1. The van der Waals surface area contributed by atoms with Gasteiger partial charge in [0.2, 0.25) is 5.88 Å². The van der Waals surface area contributed by atoms with Gasteiger partial charge in [0.1, 0.15) is 12.4 Å². The van der Waals surface area contributed by atoms with E-state index >= 15 is 0 Å². The fourth-order valence-corrected chi connectivity index (χ4v) is 3.81. The zero-order chi connectivity index (χ0) is 25.7. The maximum absolute atomic E-state index is 14.0. The number of hydrogen-bond donors (Lipinski definition) is 1. The SMILES string of the molecule is Cc1cc(OCc2c(F)ccc(F)c2F)n2nc(C)c(C(=O)Cc3c(C(F)(F)F)n[nH]c3C)c2c1. The van der Waals surface area contributed by atoms with Crippen LogP contribution in [-0.2, 0) is 19.2 Å².